The Morgan fingerprint density at radius 3 is 2.48 bits per heavy atom. The maximum absolute atomic E-state index is 12.9. The summed E-state index contributed by atoms with van der Waals surface area (Å²) in [6, 6.07) is 22.3. The van der Waals surface area contributed by atoms with Crippen LogP contribution in [0.1, 0.15) is 24.8 Å². The number of anilines is 1. The minimum atomic E-state index is -0.963. The Kier molecular flexibility index (Phi) is 6.13. The average molecular weight is 432 g/mol. The number of carbonyl (C=O) groups excluding carboxylic acids is 3. The molecule has 1 aliphatic rings. The first-order valence-corrected chi connectivity index (χ1v) is 10.9. The van der Waals surface area contributed by atoms with Crippen LogP contribution in [0.15, 0.2) is 77.8 Å². The van der Waals surface area contributed by atoms with Crippen molar-refractivity contribution in [3.05, 3.63) is 78.4 Å². The lowest BCUT2D eigenvalue weighted by Gasteiger charge is -2.22. The number of amides is 3. The first kappa shape index (κ1) is 20.8. The lowest BCUT2D eigenvalue weighted by atomic mass is 9.97. The molecule has 0 bridgehead atoms. The molecule has 7 heteroatoms. The van der Waals surface area contributed by atoms with Crippen LogP contribution in [0, 0.1) is 0 Å². The molecule has 3 aromatic rings. The summed E-state index contributed by atoms with van der Waals surface area (Å²) in [6.45, 7) is 1.88. The zero-order valence-corrected chi connectivity index (χ0v) is 17.7. The van der Waals surface area contributed by atoms with Gasteiger partial charge < -0.3 is 10.6 Å². The molecule has 0 saturated heterocycles. The molecule has 3 aromatic carbocycles. The summed E-state index contributed by atoms with van der Waals surface area (Å²) in [6.07, 6.45) is 0.506. The highest BCUT2D eigenvalue weighted by atomic mass is 32.2. The summed E-state index contributed by atoms with van der Waals surface area (Å²) in [5.41, 5.74) is 1.32. The van der Waals surface area contributed by atoms with Gasteiger partial charge in [0.05, 0.1) is 5.25 Å². The second-order valence-electron chi connectivity index (χ2n) is 7.12. The average Bonchev–Trinajstić information content (AvgIpc) is 2.78. The summed E-state index contributed by atoms with van der Waals surface area (Å²) in [7, 11) is 0. The van der Waals surface area contributed by atoms with E-state index in [1.165, 1.54) is 0 Å². The molecule has 0 saturated carbocycles. The Bertz CT molecular complexity index is 1170. The number of hydrogen-bond donors (Lipinski definition) is 2. The van der Waals surface area contributed by atoms with Gasteiger partial charge in [0.1, 0.15) is 5.92 Å². The summed E-state index contributed by atoms with van der Waals surface area (Å²) in [4.78, 5) is 42.1. The van der Waals surface area contributed by atoms with Crippen LogP contribution in [0.2, 0.25) is 0 Å². The molecule has 0 aliphatic carbocycles. The van der Waals surface area contributed by atoms with Crippen molar-refractivity contribution in [3.63, 3.8) is 0 Å². The molecule has 31 heavy (non-hydrogen) atoms. The van der Waals surface area contributed by atoms with E-state index in [0.29, 0.717) is 12.0 Å². The van der Waals surface area contributed by atoms with Crippen molar-refractivity contribution < 1.29 is 14.4 Å². The largest absolute Gasteiger partial charge is 0.325 e. The van der Waals surface area contributed by atoms with Gasteiger partial charge in [0.2, 0.25) is 11.8 Å². The van der Waals surface area contributed by atoms with Gasteiger partial charge in [0.15, 0.2) is 5.17 Å². The zero-order chi connectivity index (χ0) is 21.8. The van der Waals surface area contributed by atoms with Crippen molar-refractivity contribution >= 4 is 51.1 Å². The quantitative estimate of drug-likeness (QED) is 0.596. The molecule has 1 heterocycles. The van der Waals surface area contributed by atoms with Crippen molar-refractivity contribution in [1.82, 2.24) is 5.32 Å². The molecule has 6 nitrogen and oxygen atoms in total. The zero-order valence-electron chi connectivity index (χ0n) is 16.9. The van der Waals surface area contributed by atoms with Gasteiger partial charge in [-0.3, -0.25) is 14.4 Å². The van der Waals surface area contributed by atoms with E-state index in [1.807, 2.05) is 55.5 Å². The molecule has 0 spiro atoms. The van der Waals surface area contributed by atoms with Crippen LogP contribution in [0.5, 0.6) is 0 Å². The number of fused-ring (bicyclic) bond motifs is 1. The first-order valence-electron chi connectivity index (χ1n) is 10.0. The van der Waals surface area contributed by atoms with Gasteiger partial charge in [-0.25, -0.2) is 0 Å². The predicted octanol–water partition coefficient (Wildman–Crippen LogP) is 4.09. The first-order chi connectivity index (χ1) is 15.1. The Morgan fingerprint density at radius 1 is 1.03 bits per heavy atom. The van der Waals surface area contributed by atoms with Gasteiger partial charge in [-0.2, -0.15) is 4.99 Å². The molecular formula is C24H21N3O3S. The molecule has 0 radical (unpaired) electrons. The highest BCUT2D eigenvalue weighted by molar-refractivity contribution is 8.15. The fraction of sp³-hybridized carbons (Fsp3) is 0.167. The summed E-state index contributed by atoms with van der Waals surface area (Å²) >= 11 is 1.09. The number of benzene rings is 3. The van der Waals surface area contributed by atoms with Crippen LogP contribution in [0.25, 0.3) is 10.8 Å². The monoisotopic (exact) mass is 431 g/mol. The number of nitrogens with one attached hydrogen (secondary N) is 2. The normalized spacial score (nSPS) is 17.1. The van der Waals surface area contributed by atoms with E-state index < -0.39 is 23.0 Å². The second-order valence-corrected chi connectivity index (χ2v) is 8.31. The number of nitrogens with zero attached hydrogens (tertiary/aromatic N) is 1. The Morgan fingerprint density at radius 2 is 1.74 bits per heavy atom. The number of carbonyl (C=O) groups is 3. The van der Waals surface area contributed by atoms with Gasteiger partial charge in [-0.1, -0.05) is 85.4 Å². The fourth-order valence-corrected chi connectivity index (χ4v) is 4.39. The van der Waals surface area contributed by atoms with Crippen molar-refractivity contribution in [3.8, 4) is 0 Å². The van der Waals surface area contributed by atoms with Gasteiger partial charge in [-0.05, 0) is 23.4 Å². The van der Waals surface area contributed by atoms with Crippen LogP contribution in [-0.4, -0.2) is 28.1 Å². The number of aliphatic imine (C=N–C) groups is 1. The van der Waals surface area contributed by atoms with E-state index in [2.05, 4.69) is 15.6 Å². The molecule has 1 aliphatic heterocycles. The molecule has 0 fully saturated rings. The minimum absolute atomic E-state index is 0.155. The van der Waals surface area contributed by atoms with E-state index in [1.54, 1.807) is 24.3 Å². The number of thioether (sulfide) groups is 1. The van der Waals surface area contributed by atoms with E-state index >= 15 is 0 Å². The minimum Gasteiger partial charge on any atom is -0.325 e. The third kappa shape index (κ3) is 4.51. The van der Waals surface area contributed by atoms with Crippen LogP contribution in [-0.2, 0) is 14.4 Å². The Hall–Kier alpha value is -3.45. The lowest BCUT2D eigenvalue weighted by Crippen LogP contribution is -2.42. The Labute approximate surface area is 184 Å². The van der Waals surface area contributed by atoms with E-state index in [4.69, 9.17) is 0 Å². The summed E-state index contributed by atoms with van der Waals surface area (Å²) in [5.74, 6) is -2.13. The third-order valence-corrected chi connectivity index (χ3v) is 6.30. The molecule has 156 valence electrons. The maximum Gasteiger partial charge on any atom is 0.265 e. The van der Waals surface area contributed by atoms with Crippen molar-refractivity contribution in [2.75, 3.05) is 5.32 Å². The third-order valence-electron chi connectivity index (χ3n) is 5.05. The standard InChI is InChI=1S/C24H21N3O3S/c1-2-19(21(28)25-18-14-8-12-15-9-6-7-13-17(15)18)31-24-26-22(29)20(23(30)27-24)16-10-4-3-5-11-16/h3-14,19-20H,2H2,1H3,(H,25,28)(H,26,27,29,30)/t19-/m0/s1. The smallest absolute Gasteiger partial charge is 0.265 e. The molecular weight excluding hydrogens is 410 g/mol. The van der Waals surface area contributed by atoms with Crippen LogP contribution in [0.4, 0.5) is 5.69 Å². The molecule has 2 atom stereocenters. The fourth-order valence-electron chi connectivity index (χ4n) is 3.48. The molecule has 0 unspecified atom stereocenters. The van der Waals surface area contributed by atoms with Crippen LogP contribution in [0.3, 0.4) is 0 Å². The van der Waals surface area contributed by atoms with Crippen molar-refractivity contribution in [1.29, 1.82) is 0 Å². The predicted molar refractivity (Wildman–Crippen MR) is 124 cm³/mol. The summed E-state index contributed by atoms with van der Waals surface area (Å²) < 4.78 is 0. The summed E-state index contributed by atoms with van der Waals surface area (Å²) in [5, 5.41) is 7.27. The van der Waals surface area contributed by atoms with Crippen LogP contribution >= 0.6 is 11.8 Å². The van der Waals surface area contributed by atoms with Crippen LogP contribution < -0.4 is 10.6 Å². The SMILES string of the molecule is CC[C@H](SC1=NC(=O)[C@H](c2ccccc2)C(=O)N1)C(=O)Nc1cccc2ccccc12. The highest BCUT2D eigenvalue weighted by Crippen LogP contribution is 2.27. The van der Waals surface area contributed by atoms with E-state index in [9.17, 15) is 14.4 Å². The van der Waals surface area contributed by atoms with Gasteiger partial charge >= 0.3 is 0 Å². The number of rotatable bonds is 5. The highest BCUT2D eigenvalue weighted by Gasteiger charge is 2.34. The van der Waals surface area contributed by atoms with E-state index in [-0.39, 0.29) is 11.1 Å². The topological polar surface area (TPSA) is 87.6 Å². The maximum atomic E-state index is 12.9. The van der Waals surface area contributed by atoms with Gasteiger partial charge in [0, 0.05) is 11.1 Å². The molecule has 4 rings (SSSR count). The number of hydrogen-bond acceptors (Lipinski definition) is 4. The molecule has 2 N–H and O–H groups in total. The lowest BCUT2D eigenvalue weighted by molar-refractivity contribution is -0.129. The van der Waals surface area contributed by atoms with Gasteiger partial charge in [-0.15, -0.1) is 0 Å². The van der Waals surface area contributed by atoms with Crippen molar-refractivity contribution in [2.24, 2.45) is 4.99 Å². The van der Waals surface area contributed by atoms with Gasteiger partial charge in [0.25, 0.3) is 5.91 Å². The van der Waals surface area contributed by atoms with E-state index in [0.717, 1.165) is 28.2 Å². The Balaban J connectivity index is 1.49. The second kappa shape index (κ2) is 9.14. The molecule has 0 aromatic heterocycles. The number of amidine groups is 1. The van der Waals surface area contributed by atoms with Crippen molar-refractivity contribution in [2.45, 2.75) is 24.5 Å². The molecule has 3 amide bonds.